The first-order valence-electron chi connectivity index (χ1n) is 19.3. The van der Waals surface area contributed by atoms with E-state index in [0.717, 1.165) is 52.5 Å². The third-order valence-electron chi connectivity index (χ3n) is 12.0. The summed E-state index contributed by atoms with van der Waals surface area (Å²) >= 11 is 3.96. The summed E-state index contributed by atoms with van der Waals surface area (Å²) in [4.78, 5) is 13.5. The van der Waals surface area contributed by atoms with Gasteiger partial charge in [-0.2, -0.15) is 0 Å². The summed E-state index contributed by atoms with van der Waals surface area (Å²) < 4.78 is 3.70. The average Bonchev–Trinajstić information content (AvgIpc) is 3.93. The van der Waals surface area contributed by atoms with Crippen LogP contribution < -0.4 is 0 Å². The smallest absolute Gasteiger partial charge is 0.235 e. The molecule has 1 aliphatic heterocycles. The average molecular weight is 742 g/mol. The first-order valence-corrected chi connectivity index (χ1v) is 21.0. The molecule has 3 unspecified atom stereocenters. The molecule has 3 atom stereocenters. The molecule has 262 valence electrons. The molecule has 0 spiro atoms. The molecule has 8 aromatic rings. The lowest BCUT2D eigenvalue weighted by atomic mass is 9.83. The lowest BCUT2D eigenvalue weighted by Gasteiger charge is -2.23. The van der Waals surface area contributed by atoms with Crippen molar-refractivity contribution in [2.75, 3.05) is 0 Å². The third-order valence-corrected chi connectivity index (χ3v) is 14.6. The minimum Gasteiger partial charge on any atom is -0.278 e. The molecular weight excluding hydrogens is 707 g/mol. The zero-order valence-electron chi connectivity index (χ0n) is 30.0. The molecule has 3 aromatic heterocycles. The van der Waals surface area contributed by atoms with Gasteiger partial charge in [-0.3, -0.25) is 4.57 Å². The Morgan fingerprint density at radius 3 is 2.53 bits per heavy atom. The molecule has 0 fully saturated rings. The molecule has 0 radical (unpaired) electrons. The van der Waals surface area contributed by atoms with Gasteiger partial charge in [-0.05, 0) is 82.8 Å². The molecule has 5 heteroatoms. The van der Waals surface area contributed by atoms with E-state index in [9.17, 15) is 0 Å². The normalized spacial score (nSPS) is 19.7. The molecule has 4 aliphatic rings. The van der Waals surface area contributed by atoms with Crippen LogP contribution >= 0.6 is 23.1 Å². The van der Waals surface area contributed by atoms with E-state index in [4.69, 9.17) is 9.97 Å². The van der Waals surface area contributed by atoms with Gasteiger partial charge in [0.1, 0.15) is 0 Å². The summed E-state index contributed by atoms with van der Waals surface area (Å²) in [5.74, 6) is 1.48. The van der Waals surface area contributed by atoms with Crippen LogP contribution in [0.5, 0.6) is 0 Å². The predicted molar refractivity (Wildman–Crippen MR) is 233 cm³/mol. The zero-order valence-corrected chi connectivity index (χ0v) is 31.7. The summed E-state index contributed by atoms with van der Waals surface area (Å²) in [5, 5.41) is 5.38. The van der Waals surface area contributed by atoms with Crippen LogP contribution in [0, 0.1) is 5.92 Å². The predicted octanol–water partition coefficient (Wildman–Crippen LogP) is 13.4. The summed E-state index contributed by atoms with van der Waals surface area (Å²) in [6, 6.07) is 37.6. The molecule has 0 saturated carbocycles. The van der Waals surface area contributed by atoms with Crippen LogP contribution in [-0.4, -0.2) is 19.8 Å². The highest BCUT2D eigenvalue weighted by Gasteiger charge is 2.36. The second-order valence-electron chi connectivity index (χ2n) is 15.1. The number of thioether (sulfide) groups is 1. The lowest BCUT2D eigenvalue weighted by molar-refractivity contribution is 0.753. The van der Waals surface area contributed by atoms with Crippen LogP contribution in [0.25, 0.3) is 77.2 Å². The Kier molecular flexibility index (Phi) is 7.11. The van der Waals surface area contributed by atoms with Crippen molar-refractivity contribution < 1.29 is 0 Å². The summed E-state index contributed by atoms with van der Waals surface area (Å²) in [7, 11) is 0. The summed E-state index contributed by atoms with van der Waals surface area (Å²) in [6.45, 7) is 0. The van der Waals surface area contributed by atoms with Crippen LogP contribution in [0.1, 0.15) is 34.8 Å². The Hall–Kier alpha value is -5.75. The van der Waals surface area contributed by atoms with Crippen molar-refractivity contribution >= 4 is 72.0 Å². The van der Waals surface area contributed by atoms with Gasteiger partial charge in [0, 0.05) is 53.3 Å². The van der Waals surface area contributed by atoms with E-state index in [1.165, 1.54) is 58.5 Å². The topological polar surface area (TPSA) is 30.7 Å². The van der Waals surface area contributed by atoms with Crippen LogP contribution in [0.2, 0.25) is 0 Å². The molecule has 3 aliphatic carbocycles. The van der Waals surface area contributed by atoms with E-state index in [-0.39, 0.29) is 0 Å². The number of nitrogens with zero attached hydrogens (tertiary/aromatic N) is 3. The van der Waals surface area contributed by atoms with Gasteiger partial charge >= 0.3 is 0 Å². The molecule has 55 heavy (non-hydrogen) atoms. The maximum absolute atomic E-state index is 5.41. The van der Waals surface area contributed by atoms with Gasteiger partial charge < -0.3 is 0 Å². The highest BCUT2D eigenvalue weighted by Crippen LogP contribution is 2.54. The molecule has 0 bridgehead atoms. The molecule has 5 aromatic carbocycles. The second kappa shape index (κ2) is 12.4. The van der Waals surface area contributed by atoms with Crippen molar-refractivity contribution in [1.29, 1.82) is 0 Å². The van der Waals surface area contributed by atoms with E-state index >= 15 is 0 Å². The van der Waals surface area contributed by atoms with E-state index in [0.29, 0.717) is 23.0 Å². The maximum atomic E-state index is 5.41. The van der Waals surface area contributed by atoms with Gasteiger partial charge in [-0.25, -0.2) is 9.97 Å². The van der Waals surface area contributed by atoms with Crippen molar-refractivity contribution in [3.05, 3.63) is 173 Å². The van der Waals surface area contributed by atoms with Crippen molar-refractivity contribution in [2.45, 2.75) is 35.3 Å². The van der Waals surface area contributed by atoms with Gasteiger partial charge in [0.2, 0.25) is 5.95 Å². The largest absolute Gasteiger partial charge is 0.278 e. The van der Waals surface area contributed by atoms with Gasteiger partial charge in [0.25, 0.3) is 0 Å². The Morgan fingerprint density at radius 2 is 1.60 bits per heavy atom. The first-order chi connectivity index (χ1) is 27.3. The number of para-hydroxylation sites is 1. The van der Waals surface area contributed by atoms with Crippen molar-refractivity contribution in [2.24, 2.45) is 5.92 Å². The number of aryl methyl sites for hydroxylation is 1. The highest BCUT2D eigenvalue weighted by molar-refractivity contribution is 8.00. The van der Waals surface area contributed by atoms with Crippen LogP contribution in [0.4, 0.5) is 0 Å². The Balaban J connectivity index is 1.11. The third kappa shape index (κ3) is 4.89. The number of hydrogen-bond donors (Lipinski definition) is 0. The fourth-order valence-corrected chi connectivity index (χ4v) is 12.1. The van der Waals surface area contributed by atoms with E-state index in [1.807, 2.05) is 23.1 Å². The fraction of sp³-hybridized carbons (Fsp3) is 0.120. The molecule has 3 nitrogen and oxygen atoms in total. The standard InChI is InChI=1S/C50H35N3S2/c1-3-12-30(13-4-1)32-23-27-45-39(28-32)37-24-26-43-46(49(37)55-45)40-29-33(34-18-11-19-36-35-16-8-10-21-44(35)54-48(34)36)22-25-42(40)53(43)50-51-41-20-9-7-17-38(41)47(52-50)31-14-5-2-6-15-31/h1-7,9-12,14-15,17-30,39,45H,8,13,16H2. The minimum atomic E-state index is 0.339. The summed E-state index contributed by atoms with van der Waals surface area (Å²) in [5.41, 5.74) is 12.2. The Bertz CT molecular complexity index is 3060. The number of rotatable bonds is 4. The number of allylic oxidation sites excluding steroid dienone is 8. The number of hydrogen-bond acceptors (Lipinski definition) is 4. The molecular formula is C50H35N3S2. The first kappa shape index (κ1) is 31.6. The highest BCUT2D eigenvalue weighted by atomic mass is 32.2. The summed E-state index contributed by atoms with van der Waals surface area (Å²) in [6.07, 6.45) is 24.3. The molecule has 12 rings (SSSR count). The van der Waals surface area contributed by atoms with Crippen molar-refractivity contribution in [3.8, 4) is 28.3 Å². The van der Waals surface area contributed by atoms with Gasteiger partial charge in [0.05, 0.1) is 22.2 Å². The quantitative estimate of drug-likeness (QED) is 0.180. The zero-order chi connectivity index (χ0) is 36.0. The van der Waals surface area contributed by atoms with E-state index < -0.39 is 0 Å². The molecule has 4 heterocycles. The monoisotopic (exact) mass is 741 g/mol. The number of thiophene rings is 1. The Morgan fingerprint density at radius 1 is 0.709 bits per heavy atom. The molecule has 0 N–H and O–H groups in total. The van der Waals surface area contributed by atoms with Crippen molar-refractivity contribution in [3.63, 3.8) is 0 Å². The van der Waals surface area contributed by atoms with E-state index in [1.54, 1.807) is 0 Å². The van der Waals surface area contributed by atoms with E-state index in [2.05, 4.69) is 162 Å². The SMILES string of the molecule is C1=CCC(C2=CC3c4ccc5c(c4SC3C=C2)c2cc(-c3cccc4c6c(sc34)C=CCC6)ccc2n5-c2nc(-c3ccccc3)c3ccccc3n2)C=C1. The number of benzene rings is 5. The molecule has 0 amide bonds. The second-order valence-corrected chi connectivity index (χ2v) is 17.3. The van der Waals surface area contributed by atoms with Crippen molar-refractivity contribution in [1.82, 2.24) is 14.5 Å². The minimum absolute atomic E-state index is 0.339. The fourth-order valence-electron chi connectivity index (χ4n) is 9.35. The maximum Gasteiger partial charge on any atom is 0.235 e. The van der Waals surface area contributed by atoms with Gasteiger partial charge in [0.15, 0.2) is 0 Å². The molecule has 0 saturated heterocycles. The van der Waals surface area contributed by atoms with Crippen LogP contribution in [0.3, 0.4) is 0 Å². The lowest BCUT2D eigenvalue weighted by Crippen LogP contribution is -2.12. The van der Waals surface area contributed by atoms with Crippen LogP contribution in [0.15, 0.2) is 162 Å². The van der Waals surface area contributed by atoms with Crippen LogP contribution in [-0.2, 0) is 6.42 Å². The Labute approximate surface area is 327 Å². The number of fused-ring (bicyclic) bond motifs is 11. The van der Waals surface area contributed by atoms with Gasteiger partial charge in [-0.15, -0.1) is 23.1 Å². The van der Waals surface area contributed by atoms with Gasteiger partial charge in [-0.1, -0.05) is 127 Å². The number of aromatic nitrogens is 3.